The molecule has 0 N–H and O–H groups in total. The largest absolute Gasteiger partial charge is 0.493 e. The second-order valence-corrected chi connectivity index (χ2v) is 10.5. The number of carbonyl (C=O) groups is 2. The predicted molar refractivity (Wildman–Crippen MR) is 155 cm³/mol. The van der Waals surface area contributed by atoms with Crippen LogP contribution in [-0.4, -0.2) is 23.3 Å². The number of nitrogens with zero attached hydrogens (tertiary/aromatic N) is 2. The van der Waals surface area contributed by atoms with Crippen LogP contribution >= 0.6 is 0 Å². The van der Waals surface area contributed by atoms with E-state index >= 15 is 0 Å². The van der Waals surface area contributed by atoms with Crippen LogP contribution in [0.5, 0.6) is 5.75 Å². The molecule has 1 heterocycles. The first-order chi connectivity index (χ1) is 18.5. The maximum absolute atomic E-state index is 13.5. The van der Waals surface area contributed by atoms with E-state index in [4.69, 9.17) is 4.74 Å². The molecule has 5 nitrogen and oxygen atoms in total. The Balaban J connectivity index is 1.81. The van der Waals surface area contributed by atoms with Gasteiger partial charge in [0.2, 0.25) is 11.6 Å². The highest BCUT2D eigenvalue weighted by molar-refractivity contribution is 6.05. The number of hydrogen-bond donors (Lipinski definition) is 0. The van der Waals surface area contributed by atoms with E-state index < -0.39 is 0 Å². The SMILES string of the molecule is CCCCCCCCCCCCCCOc1cccc(C(=O)N(Cc2cccc[n+]2CCC)C(C)=O)c1C. The highest BCUT2D eigenvalue weighted by Gasteiger charge is 2.25. The molecule has 0 aliphatic heterocycles. The highest BCUT2D eigenvalue weighted by atomic mass is 16.5. The first-order valence-corrected chi connectivity index (χ1v) is 15.0. The number of pyridine rings is 1. The van der Waals surface area contributed by atoms with E-state index in [0.29, 0.717) is 12.2 Å². The maximum Gasteiger partial charge on any atom is 0.261 e. The number of imide groups is 1. The molecule has 2 amide bonds. The summed E-state index contributed by atoms with van der Waals surface area (Å²) in [7, 11) is 0. The van der Waals surface area contributed by atoms with Crippen molar-refractivity contribution in [1.29, 1.82) is 0 Å². The molecular weight excluding hydrogens is 472 g/mol. The lowest BCUT2D eigenvalue weighted by molar-refractivity contribution is -0.704. The summed E-state index contributed by atoms with van der Waals surface area (Å²) >= 11 is 0. The molecule has 0 aliphatic carbocycles. The van der Waals surface area contributed by atoms with E-state index in [0.717, 1.165) is 36.4 Å². The maximum atomic E-state index is 13.5. The zero-order valence-electron chi connectivity index (χ0n) is 24.5. The van der Waals surface area contributed by atoms with E-state index in [-0.39, 0.29) is 18.4 Å². The molecule has 0 saturated carbocycles. The molecule has 0 atom stereocenters. The smallest absolute Gasteiger partial charge is 0.261 e. The quantitative estimate of drug-likeness (QED) is 0.139. The fourth-order valence-corrected chi connectivity index (χ4v) is 4.88. The second-order valence-electron chi connectivity index (χ2n) is 10.5. The van der Waals surface area contributed by atoms with Gasteiger partial charge in [0.15, 0.2) is 6.20 Å². The molecular formula is C33H51N2O3+. The number of benzene rings is 1. The Morgan fingerprint density at radius 2 is 1.42 bits per heavy atom. The van der Waals surface area contributed by atoms with Gasteiger partial charge in [-0.15, -0.1) is 0 Å². The van der Waals surface area contributed by atoms with Gasteiger partial charge < -0.3 is 4.74 Å². The Morgan fingerprint density at radius 3 is 2.03 bits per heavy atom. The van der Waals surface area contributed by atoms with Crippen molar-refractivity contribution in [1.82, 2.24) is 4.90 Å². The number of carbonyl (C=O) groups excluding carboxylic acids is 2. The standard InChI is InChI=1S/C33H51N2O3/c1-5-7-8-9-10-11-12-13-14-15-16-19-26-38-32-23-20-22-31(28(32)3)33(37)35(29(4)36)27-30-21-17-18-25-34(30)24-6-2/h17-18,20-23,25H,5-16,19,24,26-27H2,1-4H3/q+1. The fourth-order valence-electron chi connectivity index (χ4n) is 4.88. The van der Waals surface area contributed by atoms with Gasteiger partial charge in [-0.3, -0.25) is 14.5 Å². The van der Waals surface area contributed by atoms with Crippen molar-refractivity contribution in [2.45, 2.75) is 124 Å². The molecule has 0 fully saturated rings. The normalized spacial score (nSPS) is 10.9. The predicted octanol–water partition coefficient (Wildman–Crippen LogP) is 7.96. The van der Waals surface area contributed by atoms with Crippen LogP contribution in [0.25, 0.3) is 0 Å². The second kappa shape index (κ2) is 18.5. The molecule has 5 heteroatoms. The minimum atomic E-state index is -0.280. The van der Waals surface area contributed by atoms with Crippen LogP contribution in [-0.2, 0) is 17.9 Å². The number of unbranched alkanes of at least 4 members (excludes halogenated alkanes) is 11. The third-order valence-electron chi connectivity index (χ3n) is 7.21. The first kappa shape index (κ1) is 31.5. The van der Waals surface area contributed by atoms with Crippen LogP contribution in [0.1, 0.15) is 126 Å². The molecule has 0 aliphatic rings. The van der Waals surface area contributed by atoms with Gasteiger partial charge in [0.1, 0.15) is 18.8 Å². The average Bonchev–Trinajstić information content (AvgIpc) is 2.91. The fraction of sp³-hybridized carbons (Fsp3) is 0.606. The minimum absolute atomic E-state index is 0.248. The number of rotatable bonds is 19. The van der Waals surface area contributed by atoms with Crippen LogP contribution in [0.15, 0.2) is 42.6 Å². The van der Waals surface area contributed by atoms with E-state index in [1.54, 1.807) is 6.07 Å². The van der Waals surface area contributed by atoms with Crippen molar-refractivity contribution in [2.75, 3.05) is 6.61 Å². The molecule has 2 rings (SSSR count). The summed E-state index contributed by atoms with van der Waals surface area (Å²) in [5, 5.41) is 0. The van der Waals surface area contributed by atoms with Crippen LogP contribution in [0, 0.1) is 6.92 Å². The molecule has 0 saturated heterocycles. The van der Waals surface area contributed by atoms with Crippen LogP contribution in [0.4, 0.5) is 0 Å². The molecule has 2 aromatic rings. The molecule has 1 aromatic heterocycles. The van der Waals surface area contributed by atoms with Gasteiger partial charge in [-0.05, 0) is 25.5 Å². The lowest BCUT2D eigenvalue weighted by Crippen LogP contribution is -2.43. The van der Waals surface area contributed by atoms with Gasteiger partial charge in [-0.1, -0.05) is 96.6 Å². The molecule has 1 aromatic carbocycles. The lowest BCUT2D eigenvalue weighted by atomic mass is 10.1. The van der Waals surface area contributed by atoms with Gasteiger partial charge in [0.25, 0.3) is 5.91 Å². The number of aromatic nitrogens is 1. The topological polar surface area (TPSA) is 50.5 Å². The molecule has 0 radical (unpaired) electrons. The van der Waals surface area contributed by atoms with Crippen molar-refractivity contribution in [3.05, 3.63) is 59.4 Å². The highest BCUT2D eigenvalue weighted by Crippen LogP contribution is 2.24. The average molecular weight is 524 g/mol. The van der Waals surface area contributed by atoms with E-state index in [1.807, 2.05) is 43.5 Å². The van der Waals surface area contributed by atoms with Crippen LogP contribution < -0.4 is 9.30 Å². The zero-order valence-corrected chi connectivity index (χ0v) is 24.5. The lowest BCUT2D eigenvalue weighted by Gasteiger charge is -2.20. The monoisotopic (exact) mass is 523 g/mol. The Kier molecular flexibility index (Phi) is 15.4. The van der Waals surface area contributed by atoms with Crippen molar-refractivity contribution in [2.24, 2.45) is 0 Å². The number of aryl methyl sites for hydroxylation is 1. The molecule has 210 valence electrons. The minimum Gasteiger partial charge on any atom is -0.493 e. The Morgan fingerprint density at radius 1 is 0.789 bits per heavy atom. The molecule has 0 bridgehead atoms. The summed E-state index contributed by atoms with van der Waals surface area (Å²) < 4.78 is 8.17. The Labute approximate surface area is 231 Å². The molecule has 0 spiro atoms. The molecule has 0 unspecified atom stereocenters. The number of hydrogen-bond acceptors (Lipinski definition) is 3. The summed E-state index contributed by atoms with van der Waals surface area (Å²) in [4.78, 5) is 27.3. The van der Waals surface area contributed by atoms with Crippen molar-refractivity contribution < 1.29 is 18.9 Å². The number of amides is 2. The summed E-state index contributed by atoms with van der Waals surface area (Å²) in [6.45, 7) is 9.48. The van der Waals surface area contributed by atoms with Crippen molar-refractivity contribution in [3.63, 3.8) is 0 Å². The van der Waals surface area contributed by atoms with Gasteiger partial charge in [-0.25, -0.2) is 4.57 Å². The van der Waals surface area contributed by atoms with Crippen molar-refractivity contribution in [3.8, 4) is 5.75 Å². The van der Waals surface area contributed by atoms with Gasteiger partial charge >= 0.3 is 0 Å². The first-order valence-electron chi connectivity index (χ1n) is 15.0. The number of ether oxygens (including phenoxy) is 1. The Bertz CT molecular complexity index is 972. The van der Waals surface area contributed by atoms with Crippen LogP contribution in [0.2, 0.25) is 0 Å². The summed E-state index contributed by atoms with van der Waals surface area (Å²) in [6, 6.07) is 11.4. The Hall–Kier alpha value is -2.69. The van der Waals surface area contributed by atoms with Gasteiger partial charge in [0.05, 0.1) is 6.61 Å². The summed E-state index contributed by atoms with van der Waals surface area (Å²) in [6.07, 6.45) is 18.7. The third kappa shape index (κ3) is 11.0. The third-order valence-corrected chi connectivity index (χ3v) is 7.21. The van der Waals surface area contributed by atoms with E-state index in [9.17, 15) is 9.59 Å². The van der Waals surface area contributed by atoms with Crippen LogP contribution in [0.3, 0.4) is 0 Å². The van der Waals surface area contributed by atoms with E-state index in [1.165, 1.54) is 82.5 Å². The summed E-state index contributed by atoms with van der Waals surface area (Å²) in [5.74, 6) is 0.185. The van der Waals surface area contributed by atoms with Crippen molar-refractivity contribution >= 4 is 11.8 Å². The van der Waals surface area contributed by atoms with Gasteiger partial charge in [0, 0.05) is 36.6 Å². The zero-order chi connectivity index (χ0) is 27.6. The van der Waals surface area contributed by atoms with Gasteiger partial charge in [-0.2, -0.15) is 0 Å². The molecule has 38 heavy (non-hydrogen) atoms. The summed E-state index contributed by atoms with van der Waals surface area (Å²) in [5.41, 5.74) is 2.25. The van der Waals surface area contributed by atoms with E-state index in [2.05, 4.69) is 18.4 Å².